The molecule has 5 nitrogen and oxygen atoms in total. The van der Waals surface area contributed by atoms with Gasteiger partial charge in [0.05, 0.1) is 17.1 Å². The smallest absolute Gasteiger partial charge is 0.265 e. The van der Waals surface area contributed by atoms with Crippen molar-refractivity contribution < 1.29 is 8.42 Å². The number of hydrogen-bond donors (Lipinski definition) is 1. The molecule has 0 fully saturated rings. The molecular formula is C14H19N3O2S. The van der Waals surface area contributed by atoms with Gasteiger partial charge in [0.1, 0.15) is 4.90 Å². The lowest BCUT2D eigenvalue weighted by Gasteiger charge is -2.10. The first-order chi connectivity index (χ1) is 9.36. The molecule has 20 heavy (non-hydrogen) atoms. The highest BCUT2D eigenvalue weighted by molar-refractivity contribution is 7.92. The van der Waals surface area contributed by atoms with Crippen molar-refractivity contribution in [3.05, 3.63) is 41.2 Å². The number of aromatic nitrogens is 2. The molecule has 0 unspecified atom stereocenters. The van der Waals surface area contributed by atoms with Crippen LogP contribution in [-0.4, -0.2) is 18.2 Å². The molecule has 108 valence electrons. The van der Waals surface area contributed by atoms with Crippen molar-refractivity contribution in [2.45, 2.75) is 39.1 Å². The summed E-state index contributed by atoms with van der Waals surface area (Å²) in [7, 11) is -3.62. The highest BCUT2D eigenvalue weighted by Gasteiger charge is 2.24. The van der Waals surface area contributed by atoms with Crippen LogP contribution >= 0.6 is 0 Å². The number of hydrogen-bond acceptors (Lipinski definition) is 3. The van der Waals surface area contributed by atoms with Gasteiger partial charge in [-0.05, 0) is 39.3 Å². The second-order valence-electron chi connectivity index (χ2n) is 4.74. The molecule has 2 rings (SSSR count). The van der Waals surface area contributed by atoms with E-state index in [9.17, 15) is 8.42 Å². The lowest BCUT2D eigenvalue weighted by atomic mass is 10.2. The van der Waals surface area contributed by atoms with Crippen molar-refractivity contribution >= 4 is 15.7 Å². The molecule has 0 saturated carbocycles. The predicted octanol–water partition coefficient (Wildman–Crippen LogP) is 2.63. The Balaban J connectivity index is 2.47. The van der Waals surface area contributed by atoms with Crippen molar-refractivity contribution in [1.29, 1.82) is 0 Å². The van der Waals surface area contributed by atoms with Gasteiger partial charge < -0.3 is 0 Å². The molecule has 1 aromatic heterocycles. The molecule has 0 aliphatic heterocycles. The fourth-order valence-electron chi connectivity index (χ4n) is 2.26. The van der Waals surface area contributed by atoms with Gasteiger partial charge >= 0.3 is 0 Å². The lowest BCUT2D eigenvalue weighted by molar-refractivity contribution is 0.598. The number of nitrogens with zero attached hydrogens (tertiary/aromatic N) is 2. The van der Waals surface area contributed by atoms with Crippen molar-refractivity contribution in [3.63, 3.8) is 0 Å². The first-order valence-electron chi connectivity index (χ1n) is 6.49. The molecule has 1 heterocycles. The van der Waals surface area contributed by atoms with E-state index >= 15 is 0 Å². The SMILES string of the molecule is CCn1nc(C)c(S(=O)(=O)Nc2ccccc2C)c1C. The fourth-order valence-corrected chi connectivity index (χ4v) is 3.81. The Hall–Kier alpha value is -1.82. The lowest BCUT2D eigenvalue weighted by Crippen LogP contribution is -2.15. The molecule has 0 atom stereocenters. The largest absolute Gasteiger partial charge is 0.279 e. The van der Waals surface area contributed by atoms with Crippen LogP contribution in [0.15, 0.2) is 29.2 Å². The van der Waals surface area contributed by atoms with E-state index in [4.69, 9.17) is 0 Å². The summed E-state index contributed by atoms with van der Waals surface area (Å²) in [5.74, 6) is 0. The maximum absolute atomic E-state index is 12.6. The van der Waals surface area contributed by atoms with Gasteiger partial charge in [-0.15, -0.1) is 0 Å². The quantitative estimate of drug-likeness (QED) is 0.942. The van der Waals surface area contributed by atoms with Crippen molar-refractivity contribution in [2.75, 3.05) is 4.72 Å². The third-order valence-electron chi connectivity index (χ3n) is 3.27. The highest BCUT2D eigenvalue weighted by Crippen LogP contribution is 2.24. The summed E-state index contributed by atoms with van der Waals surface area (Å²) < 4.78 is 29.5. The summed E-state index contributed by atoms with van der Waals surface area (Å²) in [4.78, 5) is 0.266. The molecule has 0 bridgehead atoms. The topological polar surface area (TPSA) is 64.0 Å². The van der Waals surface area contributed by atoms with Crippen LogP contribution in [0.2, 0.25) is 0 Å². The third-order valence-corrected chi connectivity index (χ3v) is 4.89. The summed E-state index contributed by atoms with van der Waals surface area (Å²) >= 11 is 0. The van der Waals surface area contributed by atoms with Gasteiger partial charge in [-0.3, -0.25) is 9.40 Å². The fraction of sp³-hybridized carbons (Fsp3) is 0.357. The molecule has 1 aromatic carbocycles. The highest BCUT2D eigenvalue weighted by atomic mass is 32.2. The summed E-state index contributed by atoms with van der Waals surface area (Å²) in [6.07, 6.45) is 0. The summed E-state index contributed by atoms with van der Waals surface area (Å²) in [6.45, 7) is 7.94. The van der Waals surface area contributed by atoms with E-state index in [-0.39, 0.29) is 4.90 Å². The molecule has 0 saturated heterocycles. The minimum absolute atomic E-state index is 0.266. The van der Waals surface area contributed by atoms with E-state index in [1.54, 1.807) is 30.7 Å². The third kappa shape index (κ3) is 2.56. The Kier molecular flexibility index (Phi) is 3.85. The van der Waals surface area contributed by atoms with Gasteiger partial charge in [-0.2, -0.15) is 5.10 Å². The zero-order valence-electron chi connectivity index (χ0n) is 12.1. The van der Waals surface area contributed by atoms with E-state index in [1.165, 1.54) is 0 Å². The molecule has 2 aromatic rings. The number of nitrogens with one attached hydrogen (secondary N) is 1. The maximum atomic E-state index is 12.6. The van der Waals surface area contributed by atoms with Crippen LogP contribution in [0, 0.1) is 20.8 Å². The van der Waals surface area contributed by atoms with Crippen molar-refractivity contribution in [1.82, 2.24) is 9.78 Å². The van der Waals surface area contributed by atoms with E-state index in [2.05, 4.69) is 9.82 Å². The van der Waals surface area contributed by atoms with Gasteiger partial charge in [0.2, 0.25) is 0 Å². The van der Waals surface area contributed by atoms with E-state index in [1.807, 2.05) is 26.0 Å². The maximum Gasteiger partial charge on any atom is 0.265 e. The summed E-state index contributed by atoms with van der Waals surface area (Å²) in [5.41, 5.74) is 2.65. The molecule has 0 spiro atoms. The van der Waals surface area contributed by atoms with Gasteiger partial charge in [0.15, 0.2) is 0 Å². The summed E-state index contributed by atoms with van der Waals surface area (Å²) in [5, 5.41) is 4.26. The van der Waals surface area contributed by atoms with Crippen LogP contribution in [-0.2, 0) is 16.6 Å². The van der Waals surface area contributed by atoms with E-state index in [0.29, 0.717) is 23.6 Å². The number of para-hydroxylation sites is 1. The molecule has 0 aliphatic carbocycles. The number of anilines is 1. The zero-order valence-corrected chi connectivity index (χ0v) is 13.0. The Morgan fingerprint density at radius 1 is 1.20 bits per heavy atom. The van der Waals surface area contributed by atoms with Crippen LogP contribution in [0.4, 0.5) is 5.69 Å². The van der Waals surface area contributed by atoms with Crippen LogP contribution in [0.1, 0.15) is 23.9 Å². The van der Waals surface area contributed by atoms with Gasteiger partial charge in [0, 0.05) is 6.54 Å². The Labute approximate surface area is 119 Å². The monoisotopic (exact) mass is 293 g/mol. The Morgan fingerprint density at radius 2 is 1.85 bits per heavy atom. The molecule has 1 N–H and O–H groups in total. The minimum Gasteiger partial charge on any atom is -0.279 e. The van der Waals surface area contributed by atoms with Gasteiger partial charge in [-0.25, -0.2) is 8.42 Å². The zero-order chi connectivity index (χ0) is 14.9. The van der Waals surface area contributed by atoms with Gasteiger partial charge in [0.25, 0.3) is 10.0 Å². The first-order valence-corrected chi connectivity index (χ1v) is 7.97. The molecule has 0 amide bonds. The minimum atomic E-state index is -3.62. The number of rotatable bonds is 4. The summed E-state index contributed by atoms with van der Waals surface area (Å²) in [6, 6.07) is 7.30. The predicted molar refractivity (Wildman–Crippen MR) is 79.4 cm³/mol. The average molecular weight is 293 g/mol. The van der Waals surface area contributed by atoms with Gasteiger partial charge in [-0.1, -0.05) is 18.2 Å². The van der Waals surface area contributed by atoms with Crippen molar-refractivity contribution in [2.24, 2.45) is 0 Å². The standard InChI is InChI=1S/C14H19N3O2S/c1-5-17-12(4)14(11(3)15-17)20(18,19)16-13-9-7-6-8-10(13)2/h6-9,16H,5H2,1-4H3. The van der Waals surface area contributed by atoms with E-state index in [0.717, 1.165) is 5.56 Å². The van der Waals surface area contributed by atoms with Crippen molar-refractivity contribution in [3.8, 4) is 0 Å². The molecule has 0 aliphatic rings. The Morgan fingerprint density at radius 3 is 2.40 bits per heavy atom. The number of aryl methyl sites for hydroxylation is 3. The van der Waals surface area contributed by atoms with Crippen LogP contribution in [0.5, 0.6) is 0 Å². The molecular weight excluding hydrogens is 274 g/mol. The molecule has 0 radical (unpaired) electrons. The number of benzene rings is 1. The first kappa shape index (κ1) is 14.6. The Bertz CT molecular complexity index is 733. The van der Waals surface area contributed by atoms with Crippen LogP contribution < -0.4 is 4.72 Å². The number of sulfonamides is 1. The normalized spacial score (nSPS) is 11.6. The van der Waals surface area contributed by atoms with Crippen LogP contribution in [0.3, 0.4) is 0 Å². The molecule has 6 heteroatoms. The van der Waals surface area contributed by atoms with E-state index < -0.39 is 10.0 Å². The average Bonchev–Trinajstić information content (AvgIpc) is 2.67. The second kappa shape index (κ2) is 5.28. The second-order valence-corrected chi connectivity index (χ2v) is 6.36. The van der Waals surface area contributed by atoms with Crippen LogP contribution in [0.25, 0.3) is 0 Å².